The van der Waals surface area contributed by atoms with E-state index in [0.29, 0.717) is 0 Å². The van der Waals surface area contributed by atoms with Crippen LogP contribution in [0.5, 0.6) is 0 Å². The van der Waals surface area contributed by atoms with Crippen molar-refractivity contribution < 1.29 is 18.5 Å². The first-order valence-corrected chi connectivity index (χ1v) is 6.55. The van der Waals surface area contributed by atoms with Crippen molar-refractivity contribution in [1.29, 1.82) is 0 Å². The molecule has 0 aromatic carbocycles. The van der Waals surface area contributed by atoms with Crippen LogP contribution < -0.4 is 0 Å². The standard InChI is InChI=1S/C4H5N3O4Si2/c1-13(6-3-9,7-4-10)11-12-5-2-8/h12H2,1H3. The Hall–Kier alpha value is -1.47. The zero-order chi connectivity index (χ0) is 10.2. The van der Waals surface area contributed by atoms with Crippen LogP contribution in [-0.2, 0) is 18.5 Å². The van der Waals surface area contributed by atoms with Gasteiger partial charge in [-0.25, -0.2) is 19.0 Å². The summed E-state index contributed by atoms with van der Waals surface area (Å²) in [6.07, 6.45) is 3.76. The molecule has 0 heterocycles. The van der Waals surface area contributed by atoms with Crippen molar-refractivity contribution >= 4 is 36.8 Å². The van der Waals surface area contributed by atoms with Crippen LogP contribution in [0.25, 0.3) is 0 Å². The second-order valence-electron chi connectivity index (χ2n) is 1.86. The second kappa shape index (κ2) is 6.09. The van der Waals surface area contributed by atoms with E-state index in [-0.39, 0.29) is 0 Å². The number of rotatable bonds is 5. The molecule has 0 saturated heterocycles. The fourth-order valence-corrected chi connectivity index (χ4v) is 2.63. The first-order valence-electron chi connectivity index (χ1n) is 3.04. The highest BCUT2D eigenvalue weighted by atomic mass is 28.4. The maximum Gasteiger partial charge on any atom is 0.465 e. The maximum absolute atomic E-state index is 9.91. The second-order valence-corrected chi connectivity index (χ2v) is 5.91. The van der Waals surface area contributed by atoms with Gasteiger partial charge in [0, 0.05) is 0 Å². The summed E-state index contributed by atoms with van der Waals surface area (Å²) in [5.41, 5.74) is 0. The average Bonchev–Trinajstić information content (AvgIpc) is 2.05. The van der Waals surface area contributed by atoms with Crippen LogP contribution in [0.3, 0.4) is 0 Å². The SMILES string of the molecule is C[Si](N=C=O)(N=C=O)O[SiH2]N=C=O. The highest BCUT2D eigenvalue weighted by molar-refractivity contribution is 6.74. The topological polar surface area (TPSA) is 97.5 Å². The summed E-state index contributed by atoms with van der Waals surface area (Å²) < 4.78 is 14.6. The van der Waals surface area contributed by atoms with Gasteiger partial charge >= 0.3 is 8.64 Å². The Morgan fingerprint density at radius 2 is 1.69 bits per heavy atom. The average molecular weight is 215 g/mol. The minimum Gasteiger partial charge on any atom is -0.408 e. The van der Waals surface area contributed by atoms with Gasteiger partial charge < -0.3 is 4.12 Å². The van der Waals surface area contributed by atoms with Crippen molar-refractivity contribution in [3.05, 3.63) is 0 Å². The Morgan fingerprint density at radius 1 is 1.15 bits per heavy atom. The lowest BCUT2D eigenvalue weighted by Crippen LogP contribution is -2.31. The molecule has 0 unspecified atom stereocenters. The molecule has 13 heavy (non-hydrogen) atoms. The van der Waals surface area contributed by atoms with E-state index in [1.807, 2.05) is 0 Å². The van der Waals surface area contributed by atoms with Gasteiger partial charge in [0.05, 0.1) is 0 Å². The third-order valence-corrected chi connectivity index (χ3v) is 4.95. The molecule has 0 bridgehead atoms. The Labute approximate surface area is 76.6 Å². The van der Waals surface area contributed by atoms with Gasteiger partial charge in [0.15, 0.2) is 0 Å². The smallest absolute Gasteiger partial charge is 0.408 e. The van der Waals surface area contributed by atoms with Gasteiger partial charge in [-0.2, -0.15) is 9.32 Å². The molecule has 0 aromatic rings. The minimum atomic E-state index is -3.09. The molecule has 9 heteroatoms. The zero-order valence-corrected chi connectivity index (χ0v) is 9.10. The summed E-state index contributed by atoms with van der Waals surface area (Å²) in [6.45, 7) is 1.39. The molecule has 0 radical (unpaired) electrons. The predicted octanol–water partition coefficient (Wildman–Crippen LogP) is -1.42. The maximum atomic E-state index is 9.91. The van der Waals surface area contributed by atoms with Gasteiger partial charge in [0.2, 0.25) is 18.2 Å². The molecule has 0 N–H and O–H groups in total. The van der Waals surface area contributed by atoms with Crippen LogP contribution in [0.2, 0.25) is 6.55 Å². The molecule has 0 fully saturated rings. The van der Waals surface area contributed by atoms with Crippen LogP contribution in [-0.4, -0.2) is 36.8 Å². The van der Waals surface area contributed by atoms with E-state index in [2.05, 4.69) is 14.0 Å². The van der Waals surface area contributed by atoms with E-state index >= 15 is 0 Å². The molecule has 0 aromatic heterocycles. The quantitative estimate of drug-likeness (QED) is 0.319. The molecule has 0 aliphatic rings. The number of hydrogen-bond acceptors (Lipinski definition) is 7. The Bertz CT molecular complexity index is 295. The lowest BCUT2D eigenvalue weighted by molar-refractivity contribution is 0.550. The summed E-state index contributed by atoms with van der Waals surface area (Å²) in [7, 11) is -4.61. The lowest BCUT2D eigenvalue weighted by Gasteiger charge is -2.10. The van der Waals surface area contributed by atoms with Crippen LogP contribution >= 0.6 is 0 Å². The van der Waals surface area contributed by atoms with Crippen molar-refractivity contribution in [2.24, 2.45) is 14.0 Å². The van der Waals surface area contributed by atoms with Crippen molar-refractivity contribution in [3.63, 3.8) is 0 Å². The molecule has 0 aliphatic carbocycles. The van der Waals surface area contributed by atoms with Gasteiger partial charge in [-0.15, -0.1) is 0 Å². The van der Waals surface area contributed by atoms with Gasteiger partial charge in [-0.05, 0) is 6.55 Å². The molecule has 0 aliphatic heterocycles. The van der Waals surface area contributed by atoms with Gasteiger partial charge in [-0.3, -0.25) is 0 Å². The van der Waals surface area contributed by atoms with Gasteiger partial charge in [-0.1, -0.05) is 0 Å². The number of carbonyl (C=O) groups excluding carboxylic acids is 3. The van der Waals surface area contributed by atoms with Gasteiger partial charge in [0.1, 0.15) is 0 Å². The summed E-state index contributed by atoms with van der Waals surface area (Å²) in [6, 6.07) is 0. The van der Waals surface area contributed by atoms with Crippen molar-refractivity contribution in [2.75, 3.05) is 0 Å². The predicted molar refractivity (Wildman–Crippen MR) is 45.6 cm³/mol. The summed E-state index contributed by atoms with van der Waals surface area (Å²) in [4.78, 5) is 29.5. The summed E-state index contributed by atoms with van der Waals surface area (Å²) >= 11 is 0. The molecule has 0 rings (SSSR count). The van der Waals surface area contributed by atoms with E-state index < -0.39 is 18.6 Å². The van der Waals surface area contributed by atoms with E-state index in [1.54, 1.807) is 0 Å². The summed E-state index contributed by atoms with van der Waals surface area (Å²) in [5.74, 6) is 0. The van der Waals surface area contributed by atoms with Crippen LogP contribution in [0.15, 0.2) is 14.0 Å². The van der Waals surface area contributed by atoms with E-state index in [9.17, 15) is 14.4 Å². The first-order chi connectivity index (χ1) is 6.18. The number of hydrogen-bond donors (Lipinski definition) is 0. The van der Waals surface area contributed by atoms with Crippen molar-refractivity contribution in [3.8, 4) is 0 Å². The molecule has 0 saturated carbocycles. The number of nitrogens with zero attached hydrogens (tertiary/aromatic N) is 3. The van der Waals surface area contributed by atoms with Crippen molar-refractivity contribution in [1.82, 2.24) is 0 Å². The van der Waals surface area contributed by atoms with Gasteiger partial charge in [0.25, 0.3) is 9.92 Å². The monoisotopic (exact) mass is 215 g/mol. The first kappa shape index (κ1) is 11.5. The molecule has 0 spiro atoms. The Morgan fingerprint density at radius 3 is 2.08 bits per heavy atom. The third-order valence-electron chi connectivity index (χ3n) is 0.973. The molecule has 68 valence electrons. The molecular formula is C4H5N3O4Si2. The fourth-order valence-electron chi connectivity index (χ4n) is 0.440. The lowest BCUT2D eigenvalue weighted by atomic mass is 11.7. The molecule has 0 amide bonds. The highest BCUT2D eigenvalue weighted by Crippen LogP contribution is 2.05. The normalized spacial score (nSPS) is 13.6. The van der Waals surface area contributed by atoms with E-state index in [4.69, 9.17) is 4.12 Å². The largest absolute Gasteiger partial charge is 0.465 e. The minimum absolute atomic E-state index is 1.24. The number of isocyanates is 3. The van der Waals surface area contributed by atoms with Crippen LogP contribution in [0, 0.1) is 0 Å². The fraction of sp³-hybridized carbons (Fsp3) is 0.250. The Balaban J connectivity index is 4.49. The highest BCUT2D eigenvalue weighted by Gasteiger charge is 2.30. The van der Waals surface area contributed by atoms with Crippen molar-refractivity contribution in [2.45, 2.75) is 6.55 Å². The molecule has 7 nitrogen and oxygen atoms in total. The van der Waals surface area contributed by atoms with Crippen LogP contribution in [0.4, 0.5) is 0 Å². The molecular weight excluding hydrogens is 210 g/mol. The van der Waals surface area contributed by atoms with E-state index in [0.717, 1.165) is 0 Å². The van der Waals surface area contributed by atoms with Crippen LogP contribution in [0.1, 0.15) is 0 Å². The third kappa shape index (κ3) is 4.88. The zero-order valence-electron chi connectivity index (χ0n) is 6.68. The summed E-state index contributed by atoms with van der Waals surface area (Å²) in [5, 5.41) is 0. The molecule has 0 atom stereocenters. The van der Waals surface area contributed by atoms with E-state index in [1.165, 1.54) is 24.8 Å². The Kier molecular flexibility index (Phi) is 5.41.